The van der Waals surface area contributed by atoms with Gasteiger partial charge in [0.15, 0.2) is 0 Å². The first-order chi connectivity index (χ1) is 12.8. The Morgan fingerprint density at radius 3 is 2.62 bits per heavy atom. The van der Waals surface area contributed by atoms with Crippen molar-refractivity contribution in [3.05, 3.63) is 71.8 Å². The van der Waals surface area contributed by atoms with Gasteiger partial charge in [-0.05, 0) is 29.8 Å². The van der Waals surface area contributed by atoms with E-state index < -0.39 is 0 Å². The first-order valence-electron chi connectivity index (χ1n) is 8.08. The van der Waals surface area contributed by atoms with Gasteiger partial charge >= 0.3 is 6.03 Å². The molecule has 2 aromatic carbocycles. The summed E-state index contributed by atoms with van der Waals surface area (Å²) in [6.07, 6.45) is 3.13. The Morgan fingerprint density at radius 1 is 1.04 bits per heavy atom. The summed E-state index contributed by atoms with van der Waals surface area (Å²) in [5.41, 5.74) is 2.89. The van der Waals surface area contributed by atoms with Crippen LogP contribution in [0.4, 0.5) is 4.79 Å². The largest absolute Gasteiger partial charge is 0.334 e. The zero-order chi connectivity index (χ0) is 17.8. The van der Waals surface area contributed by atoms with E-state index in [1.165, 1.54) is 6.33 Å². The number of urea groups is 1. The van der Waals surface area contributed by atoms with Crippen molar-refractivity contribution in [2.75, 3.05) is 0 Å². The highest BCUT2D eigenvalue weighted by Gasteiger charge is 2.06. The van der Waals surface area contributed by atoms with Crippen LogP contribution >= 0.6 is 11.3 Å². The number of thiazole rings is 1. The van der Waals surface area contributed by atoms with Crippen molar-refractivity contribution in [2.24, 2.45) is 0 Å². The van der Waals surface area contributed by atoms with Gasteiger partial charge in [-0.25, -0.2) is 19.4 Å². The number of carbonyl (C=O) groups is 1. The third kappa shape index (κ3) is 3.70. The summed E-state index contributed by atoms with van der Waals surface area (Å²) in [6.45, 7) is 0.861. The van der Waals surface area contributed by atoms with E-state index in [0.717, 1.165) is 26.5 Å². The van der Waals surface area contributed by atoms with E-state index in [9.17, 15) is 4.79 Å². The molecule has 0 saturated heterocycles. The number of aromatic nitrogens is 4. The molecule has 0 atom stereocenters. The molecular formula is C18H16N6OS. The Morgan fingerprint density at radius 2 is 1.85 bits per heavy atom. The van der Waals surface area contributed by atoms with E-state index in [-0.39, 0.29) is 6.03 Å². The molecule has 0 spiro atoms. The van der Waals surface area contributed by atoms with Gasteiger partial charge in [-0.1, -0.05) is 24.3 Å². The molecule has 0 aliphatic rings. The van der Waals surface area contributed by atoms with Crippen LogP contribution in [-0.4, -0.2) is 25.8 Å². The lowest BCUT2D eigenvalue weighted by atomic mass is 10.2. The number of hydrogen-bond donors (Lipinski definition) is 2. The third-order valence-corrected chi connectivity index (χ3v) is 4.85. The highest BCUT2D eigenvalue weighted by Crippen LogP contribution is 2.21. The molecule has 2 N–H and O–H groups in total. The van der Waals surface area contributed by atoms with Gasteiger partial charge in [0.05, 0.1) is 22.4 Å². The third-order valence-electron chi connectivity index (χ3n) is 3.81. The summed E-state index contributed by atoms with van der Waals surface area (Å²) in [6, 6.07) is 15.5. The molecule has 4 aromatic rings. The minimum absolute atomic E-state index is 0.218. The predicted octanol–water partition coefficient (Wildman–Crippen LogP) is 2.88. The Hall–Kier alpha value is -3.26. The first kappa shape index (κ1) is 16.2. The molecule has 2 amide bonds. The number of amides is 2. The van der Waals surface area contributed by atoms with E-state index in [1.54, 1.807) is 22.3 Å². The van der Waals surface area contributed by atoms with Gasteiger partial charge in [-0.15, -0.1) is 11.3 Å². The number of para-hydroxylation sites is 1. The van der Waals surface area contributed by atoms with E-state index in [1.807, 2.05) is 48.5 Å². The molecule has 4 rings (SSSR count). The molecule has 0 bridgehead atoms. The molecule has 26 heavy (non-hydrogen) atoms. The fourth-order valence-electron chi connectivity index (χ4n) is 2.50. The lowest BCUT2D eigenvalue weighted by Gasteiger charge is -2.07. The van der Waals surface area contributed by atoms with Crippen LogP contribution in [0.2, 0.25) is 0 Å². The molecule has 0 fully saturated rings. The topological polar surface area (TPSA) is 84.7 Å². The molecule has 2 aromatic heterocycles. The standard InChI is InChI=1S/C18H16N6OS/c25-18(21-10-17-23-15-3-1-2-4-16(15)26-17)20-9-13-5-7-14(8-6-13)24-12-19-11-22-24/h1-8,11-12H,9-10H2,(H2,20,21,25). The van der Waals surface area contributed by atoms with Gasteiger partial charge in [-0.3, -0.25) is 0 Å². The minimum atomic E-state index is -0.218. The van der Waals surface area contributed by atoms with Crippen LogP contribution in [0.1, 0.15) is 10.6 Å². The highest BCUT2D eigenvalue weighted by atomic mass is 32.1. The number of nitrogens with one attached hydrogen (secondary N) is 2. The molecule has 0 radical (unpaired) electrons. The number of rotatable bonds is 5. The molecule has 7 nitrogen and oxygen atoms in total. The second kappa shape index (κ2) is 7.32. The SMILES string of the molecule is O=C(NCc1ccc(-n2cncn2)cc1)NCc1nc2ccccc2s1. The van der Waals surface area contributed by atoms with Gasteiger partial charge in [0.1, 0.15) is 17.7 Å². The summed E-state index contributed by atoms with van der Waals surface area (Å²) in [4.78, 5) is 20.4. The fraction of sp³-hybridized carbons (Fsp3) is 0.111. The Balaban J connectivity index is 1.28. The Labute approximate surface area is 153 Å². The monoisotopic (exact) mass is 364 g/mol. The van der Waals surface area contributed by atoms with Crippen LogP contribution in [0.5, 0.6) is 0 Å². The van der Waals surface area contributed by atoms with Crippen LogP contribution < -0.4 is 10.6 Å². The summed E-state index contributed by atoms with van der Waals surface area (Å²) < 4.78 is 2.80. The second-order valence-electron chi connectivity index (χ2n) is 5.62. The van der Waals surface area contributed by atoms with E-state index in [4.69, 9.17) is 0 Å². The normalized spacial score (nSPS) is 10.8. The predicted molar refractivity (Wildman–Crippen MR) is 100 cm³/mol. The van der Waals surface area contributed by atoms with Crippen molar-refractivity contribution in [3.8, 4) is 5.69 Å². The van der Waals surface area contributed by atoms with Crippen molar-refractivity contribution in [1.29, 1.82) is 0 Å². The van der Waals surface area contributed by atoms with Gasteiger partial charge < -0.3 is 10.6 Å². The van der Waals surface area contributed by atoms with Crippen molar-refractivity contribution >= 4 is 27.6 Å². The molecule has 0 aliphatic carbocycles. The highest BCUT2D eigenvalue weighted by molar-refractivity contribution is 7.18. The van der Waals surface area contributed by atoms with Gasteiger partial charge in [-0.2, -0.15) is 5.10 Å². The van der Waals surface area contributed by atoms with Crippen LogP contribution in [0.25, 0.3) is 15.9 Å². The van der Waals surface area contributed by atoms with E-state index >= 15 is 0 Å². The molecule has 0 aliphatic heterocycles. The maximum Gasteiger partial charge on any atom is 0.315 e. The molecular weight excluding hydrogens is 348 g/mol. The van der Waals surface area contributed by atoms with Crippen molar-refractivity contribution in [1.82, 2.24) is 30.4 Å². The lowest BCUT2D eigenvalue weighted by Crippen LogP contribution is -2.34. The summed E-state index contributed by atoms with van der Waals surface area (Å²) in [7, 11) is 0. The number of carbonyl (C=O) groups excluding carboxylic acids is 1. The number of benzene rings is 2. The smallest absolute Gasteiger partial charge is 0.315 e. The number of hydrogen-bond acceptors (Lipinski definition) is 5. The van der Waals surface area contributed by atoms with Crippen LogP contribution in [0, 0.1) is 0 Å². The molecule has 130 valence electrons. The first-order valence-corrected chi connectivity index (χ1v) is 8.90. The average Bonchev–Trinajstić information content (AvgIpc) is 3.34. The zero-order valence-electron chi connectivity index (χ0n) is 13.8. The van der Waals surface area contributed by atoms with E-state index in [0.29, 0.717) is 13.1 Å². The molecule has 2 heterocycles. The molecule has 8 heteroatoms. The zero-order valence-corrected chi connectivity index (χ0v) is 14.6. The van der Waals surface area contributed by atoms with Crippen molar-refractivity contribution < 1.29 is 4.79 Å². The van der Waals surface area contributed by atoms with Gasteiger partial charge in [0.25, 0.3) is 0 Å². The summed E-state index contributed by atoms with van der Waals surface area (Å²) in [5.74, 6) is 0. The van der Waals surface area contributed by atoms with Crippen LogP contribution in [-0.2, 0) is 13.1 Å². The maximum absolute atomic E-state index is 12.0. The second-order valence-corrected chi connectivity index (χ2v) is 6.73. The van der Waals surface area contributed by atoms with Crippen LogP contribution in [0.15, 0.2) is 61.2 Å². The summed E-state index contributed by atoms with van der Waals surface area (Å²) in [5, 5.41) is 10.7. The minimum Gasteiger partial charge on any atom is -0.334 e. The lowest BCUT2D eigenvalue weighted by molar-refractivity contribution is 0.240. The maximum atomic E-state index is 12.0. The van der Waals surface area contributed by atoms with Gasteiger partial charge in [0, 0.05) is 6.54 Å². The van der Waals surface area contributed by atoms with Crippen LogP contribution in [0.3, 0.4) is 0 Å². The number of nitrogens with zero attached hydrogens (tertiary/aromatic N) is 4. The quantitative estimate of drug-likeness (QED) is 0.570. The Bertz CT molecular complexity index is 977. The molecule has 0 saturated carbocycles. The average molecular weight is 364 g/mol. The summed E-state index contributed by atoms with van der Waals surface area (Å²) >= 11 is 1.59. The fourth-order valence-corrected chi connectivity index (χ4v) is 3.41. The van der Waals surface area contributed by atoms with Gasteiger partial charge in [0.2, 0.25) is 0 Å². The van der Waals surface area contributed by atoms with E-state index in [2.05, 4.69) is 25.7 Å². The Kier molecular flexibility index (Phi) is 4.57. The molecule has 0 unspecified atom stereocenters. The van der Waals surface area contributed by atoms with Crippen molar-refractivity contribution in [3.63, 3.8) is 0 Å². The van der Waals surface area contributed by atoms with Crippen molar-refractivity contribution in [2.45, 2.75) is 13.1 Å². The number of fused-ring (bicyclic) bond motifs is 1.